The molecule has 0 radical (unpaired) electrons. The van der Waals surface area contributed by atoms with Gasteiger partial charge in [-0.25, -0.2) is 13.1 Å². The van der Waals surface area contributed by atoms with E-state index in [4.69, 9.17) is 9.84 Å². The molecule has 1 fully saturated rings. The van der Waals surface area contributed by atoms with Crippen LogP contribution in [0, 0.1) is 12.8 Å². The molecule has 0 aromatic carbocycles. The number of thiophene rings is 1. The maximum atomic E-state index is 12.2. The predicted molar refractivity (Wildman–Crippen MR) is 73.7 cm³/mol. The molecule has 0 saturated carbocycles. The Bertz CT molecular complexity index is 538. The molecule has 0 amide bonds. The van der Waals surface area contributed by atoms with Crippen LogP contribution in [0.25, 0.3) is 0 Å². The first-order valence-electron chi connectivity index (χ1n) is 6.25. The molecule has 2 unspecified atom stereocenters. The van der Waals surface area contributed by atoms with Gasteiger partial charge in [-0.1, -0.05) is 0 Å². The summed E-state index contributed by atoms with van der Waals surface area (Å²) in [6.07, 6.45) is 0.980. The summed E-state index contributed by atoms with van der Waals surface area (Å²) in [6.45, 7) is 4.67. The van der Waals surface area contributed by atoms with Gasteiger partial charge in [-0.2, -0.15) is 0 Å². The van der Waals surface area contributed by atoms with Gasteiger partial charge in [0.2, 0.25) is 10.0 Å². The molecule has 2 heterocycles. The van der Waals surface area contributed by atoms with Crippen LogP contribution in [0.4, 0.5) is 0 Å². The fourth-order valence-corrected chi connectivity index (χ4v) is 4.80. The molecular formula is C12H19NO4S2. The number of aliphatic hydroxyl groups is 1. The minimum absolute atomic E-state index is 0.0966. The van der Waals surface area contributed by atoms with E-state index in [2.05, 4.69) is 4.72 Å². The Morgan fingerprint density at radius 2 is 2.32 bits per heavy atom. The quantitative estimate of drug-likeness (QED) is 0.858. The van der Waals surface area contributed by atoms with Crippen molar-refractivity contribution >= 4 is 21.4 Å². The largest absolute Gasteiger partial charge is 0.391 e. The van der Waals surface area contributed by atoms with Crippen LogP contribution in [-0.4, -0.2) is 32.8 Å². The van der Waals surface area contributed by atoms with Gasteiger partial charge in [-0.15, -0.1) is 11.3 Å². The Morgan fingerprint density at radius 3 is 2.84 bits per heavy atom. The zero-order valence-electron chi connectivity index (χ0n) is 11.0. The first-order valence-corrected chi connectivity index (χ1v) is 8.55. The van der Waals surface area contributed by atoms with Gasteiger partial charge >= 0.3 is 0 Å². The lowest BCUT2D eigenvalue weighted by Gasteiger charge is -2.14. The summed E-state index contributed by atoms with van der Waals surface area (Å²) in [5.41, 5.74) is 0. The fourth-order valence-electron chi connectivity index (χ4n) is 2.21. The van der Waals surface area contributed by atoms with Crippen LogP contribution in [0.5, 0.6) is 0 Å². The van der Waals surface area contributed by atoms with E-state index >= 15 is 0 Å². The molecule has 1 aromatic heterocycles. The van der Waals surface area contributed by atoms with Crippen LogP contribution in [0.3, 0.4) is 0 Å². The third-order valence-electron chi connectivity index (χ3n) is 3.44. The molecule has 0 bridgehead atoms. The van der Waals surface area contributed by atoms with Gasteiger partial charge in [0.05, 0.1) is 17.6 Å². The summed E-state index contributed by atoms with van der Waals surface area (Å²) in [4.78, 5) is 1.64. The lowest BCUT2D eigenvalue weighted by atomic mass is 10.0. The molecular weight excluding hydrogens is 286 g/mol. The summed E-state index contributed by atoms with van der Waals surface area (Å²) >= 11 is 1.31. The van der Waals surface area contributed by atoms with E-state index in [-0.39, 0.29) is 23.5 Å². The Morgan fingerprint density at radius 1 is 1.58 bits per heavy atom. The number of ether oxygens (including phenoxy) is 1. The summed E-state index contributed by atoms with van der Waals surface area (Å²) in [5.74, 6) is 0.228. The van der Waals surface area contributed by atoms with Gasteiger partial charge in [-0.05, 0) is 26.3 Å². The first-order chi connectivity index (χ1) is 8.94. The van der Waals surface area contributed by atoms with E-state index < -0.39 is 10.0 Å². The average molecular weight is 305 g/mol. The molecule has 1 aliphatic heterocycles. The molecule has 2 rings (SSSR count). The van der Waals surface area contributed by atoms with Crippen molar-refractivity contribution in [1.29, 1.82) is 0 Å². The van der Waals surface area contributed by atoms with Crippen molar-refractivity contribution in [3.05, 3.63) is 15.8 Å². The van der Waals surface area contributed by atoms with Crippen LogP contribution in [0.15, 0.2) is 11.0 Å². The molecule has 5 nitrogen and oxygen atoms in total. The number of aryl methyl sites for hydroxylation is 1. The van der Waals surface area contributed by atoms with Crippen LogP contribution < -0.4 is 4.72 Å². The zero-order valence-corrected chi connectivity index (χ0v) is 12.7. The van der Waals surface area contributed by atoms with Gasteiger partial charge in [0.25, 0.3) is 0 Å². The van der Waals surface area contributed by atoms with Gasteiger partial charge in [-0.3, -0.25) is 0 Å². The third-order valence-corrected chi connectivity index (χ3v) is 6.15. The second kappa shape index (κ2) is 5.88. The van der Waals surface area contributed by atoms with Crippen molar-refractivity contribution in [3.8, 4) is 0 Å². The number of hydrogen-bond donors (Lipinski definition) is 2. The SMILES string of the molecule is Cc1sc(CO)cc1S(=O)(=O)NCC1CCOC1C. The minimum Gasteiger partial charge on any atom is -0.391 e. The highest BCUT2D eigenvalue weighted by atomic mass is 32.2. The molecule has 108 valence electrons. The fraction of sp³-hybridized carbons (Fsp3) is 0.667. The molecule has 1 aromatic rings. The Kier molecular flexibility index (Phi) is 4.62. The minimum atomic E-state index is -3.50. The number of aliphatic hydroxyl groups excluding tert-OH is 1. The van der Waals surface area contributed by atoms with Crippen molar-refractivity contribution in [3.63, 3.8) is 0 Å². The number of sulfonamides is 1. The lowest BCUT2D eigenvalue weighted by molar-refractivity contribution is 0.107. The van der Waals surface area contributed by atoms with Crippen molar-refractivity contribution in [1.82, 2.24) is 4.72 Å². The predicted octanol–water partition coefficient (Wildman–Crippen LogP) is 1.25. The summed E-state index contributed by atoms with van der Waals surface area (Å²) in [7, 11) is -3.50. The highest BCUT2D eigenvalue weighted by molar-refractivity contribution is 7.89. The zero-order chi connectivity index (χ0) is 14.0. The Balaban J connectivity index is 2.07. The maximum absolute atomic E-state index is 12.2. The van der Waals surface area contributed by atoms with E-state index in [0.717, 1.165) is 6.42 Å². The Hall–Kier alpha value is -0.470. The van der Waals surface area contributed by atoms with Crippen LogP contribution in [0.1, 0.15) is 23.1 Å². The van der Waals surface area contributed by atoms with Gasteiger partial charge in [0.1, 0.15) is 0 Å². The molecule has 1 aliphatic rings. The molecule has 7 heteroatoms. The van der Waals surface area contributed by atoms with Crippen LogP contribution in [-0.2, 0) is 21.4 Å². The smallest absolute Gasteiger partial charge is 0.241 e. The molecule has 2 atom stereocenters. The monoisotopic (exact) mass is 305 g/mol. The normalized spacial score (nSPS) is 23.9. The third kappa shape index (κ3) is 3.35. The van der Waals surface area contributed by atoms with Crippen molar-refractivity contribution < 1.29 is 18.3 Å². The van der Waals surface area contributed by atoms with Crippen molar-refractivity contribution in [2.75, 3.05) is 13.2 Å². The lowest BCUT2D eigenvalue weighted by Crippen LogP contribution is -2.32. The van der Waals surface area contributed by atoms with Gasteiger partial charge in [0, 0.05) is 28.8 Å². The molecule has 0 spiro atoms. The highest BCUT2D eigenvalue weighted by Gasteiger charge is 2.27. The average Bonchev–Trinajstić information content (AvgIpc) is 2.93. The van der Waals surface area contributed by atoms with E-state index in [1.165, 1.54) is 17.4 Å². The number of nitrogens with one attached hydrogen (secondary N) is 1. The Labute approximate surface area is 117 Å². The van der Waals surface area contributed by atoms with E-state index in [1.807, 2.05) is 6.92 Å². The molecule has 2 N–H and O–H groups in total. The maximum Gasteiger partial charge on any atom is 0.241 e. The second-order valence-corrected chi connectivity index (χ2v) is 7.84. The summed E-state index contributed by atoms with van der Waals surface area (Å²) in [6, 6.07) is 1.54. The first kappa shape index (κ1) is 14.9. The number of rotatable bonds is 5. The second-order valence-electron chi connectivity index (χ2n) is 4.77. The van der Waals surface area contributed by atoms with Crippen molar-refractivity contribution in [2.24, 2.45) is 5.92 Å². The highest BCUT2D eigenvalue weighted by Crippen LogP contribution is 2.26. The van der Waals surface area contributed by atoms with Crippen molar-refractivity contribution in [2.45, 2.75) is 37.9 Å². The van der Waals surface area contributed by atoms with E-state index in [9.17, 15) is 8.42 Å². The van der Waals surface area contributed by atoms with Gasteiger partial charge < -0.3 is 9.84 Å². The summed E-state index contributed by atoms with van der Waals surface area (Å²) in [5, 5.41) is 9.06. The molecule has 19 heavy (non-hydrogen) atoms. The molecule has 0 aliphatic carbocycles. The number of hydrogen-bond acceptors (Lipinski definition) is 5. The molecule has 1 saturated heterocycles. The van der Waals surface area contributed by atoms with Crippen LogP contribution >= 0.6 is 11.3 Å². The summed E-state index contributed by atoms with van der Waals surface area (Å²) < 4.78 is 32.5. The van der Waals surface area contributed by atoms with E-state index in [1.54, 1.807) is 6.92 Å². The van der Waals surface area contributed by atoms with E-state index in [0.29, 0.717) is 22.9 Å². The van der Waals surface area contributed by atoms with Crippen LogP contribution in [0.2, 0.25) is 0 Å². The van der Waals surface area contributed by atoms with Gasteiger partial charge in [0.15, 0.2) is 0 Å². The topological polar surface area (TPSA) is 75.6 Å². The standard InChI is InChI=1S/C12H19NO4S2/c1-8-10(3-4-17-8)6-13-19(15,16)12-5-11(7-14)18-9(12)2/h5,8,10,13-14H,3-4,6-7H2,1-2H3.